The van der Waals surface area contributed by atoms with Gasteiger partial charge in [-0.15, -0.1) is 0 Å². The number of para-hydroxylation sites is 2. The van der Waals surface area contributed by atoms with Crippen LogP contribution in [0.25, 0.3) is 0 Å². The van der Waals surface area contributed by atoms with E-state index in [4.69, 9.17) is 4.74 Å². The zero-order valence-electron chi connectivity index (χ0n) is 14.7. The fraction of sp³-hybridized carbons (Fsp3) is 0.174. The van der Waals surface area contributed by atoms with Gasteiger partial charge in [0.05, 0.1) is 5.92 Å². The third-order valence-electron chi connectivity index (χ3n) is 4.89. The average molecular weight is 343 g/mol. The van der Waals surface area contributed by atoms with Crippen LogP contribution in [0.2, 0.25) is 0 Å². The van der Waals surface area contributed by atoms with E-state index in [-0.39, 0.29) is 17.7 Å². The third-order valence-corrected chi connectivity index (χ3v) is 4.89. The lowest BCUT2D eigenvalue weighted by molar-refractivity contribution is -0.121. The van der Waals surface area contributed by atoms with Crippen molar-refractivity contribution in [1.82, 2.24) is 5.32 Å². The quantitative estimate of drug-likeness (QED) is 0.736. The maximum absolute atomic E-state index is 13.1. The molecule has 1 atom stereocenters. The van der Waals surface area contributed by atoms with Crippen molar-refractivity contribution < 1.29 is 9.53 Å². The van der Waals surface area contributed by atoms with Crippen LogP contribution in [0.5, 0.6) is 11.5 Å². The lowest BCUT2D eigenvalue weighted by Gasteiger charge is -2.27. The number of hydrogen-bond donors (Lipinski definition) is 1. The highest BCUT2D eigenvalue weighted by Crippen LogP contribution is 2.43. The molecule has 0 saturated carbocycles. The molecule has 0 aliphatic carbocycles. The number of carbonyl (C=O) groups is 1. The van der Waals surface area contributed by atoms with E-state index >= 15 is 0 Å². The van der Waals surface area contributed by atoms with Crippen LogP contribution in [0, 0.1) is 0 Å². The van der Waals surface area contributed by atoms with E-state index in [1.807, 2.05) is 66.7 Å². The molecule has 130 valence electrons. The van der Waals surface area contributed by atoms with Crippen molar-refractivity contribution in [2.45, 2.75) is 18.8 Å². The second-order valence-corrected chi connectivity index (χ2v) is 6.67. The molecular weight excluding hydrogens is 322 g/mol. The first kappa shape index (κ1) is 16.4. The van der Waals surface area contributed by atoms with Gasteiger partial charge in [0.1, 0.15) is 11.5 Å². The van der Waals surface area contributed by atoms with Gasteiger partial charge in [0.2, 0.25) is 5.91 Å². The summed E-state index contributed by atoms with van der Waals surface area (Å²) in [5.41, 5.74) is 3.05. The van der Waals surface area contributed by atoms with Gasteiger partial charge in [-0.2, -0.15) is 0 Å². The summed E-state index contributed by atoms with van der Waals surface area (Å²) in [5.74, 6) is 1.42. The molecule has 3 aromatic carbocycles. The molecule has 0 bridgehead atoms. The molecule has 1 N–H and O–H groups in total. The van der Waals surface area contributed by atoms with Gasteiger partial charge in [-0.3, -0.25) is 4.79 Å². The minimum Gasteiger partial charge on any atom is -0.457 e. The Kier molecular flexibility index (Phi) is 4.44. The molecule has 0 radical (unpaired) electrons. The molecule has 1 aliphatic heterocycles. The SMILES string of the molecule is C[C@@H](CNC(=O)C1c2ccccc2Oc2ccccc21)c1ccccc1. The summed E-state index contributed by atoms with van der Waals surface area (Å²) >= 11 is 0. The first-order valence-electron chi connectivity index (χ1n) is 8.92. The molecule has 0 fully saturated rings. The number of amides is 1. The second-order valence-electron chi connectivity index (χ2n) is 6.67. The predicted molar refractivity (Wildman–Crippen MR) is 103 cm³/mol. The molecule has 1 aliphatic rings. The number of hydrogen-bond acceptors (Lipinski definition) is 2. The van der Waals surface area contributed by atoms with E-state index in [9.17, 15) is 4.79 Å². The van der Waals surface area contributed by atoms with Crippen molar-refractivity contribution in [2.24, 2.45) is 0 Å². The fourth-order valence-corrected chi connectivity index (χ4v) is 3.45. The van der Waals surface area contributed by atoms with Crippen molar-refractivity contribution in [1.29, 1.82) is 0 Å². The largest absolute Gasteiger partial charge is 0.457 e. The summed E-state index contributed by atoms with van der Waals surface area (Å²) in [6, 6.07) is 25.8. The Labute approximate surface area is 153 Å². The van der Waals surface area contributed by atoms with Gasteiger partial charge in [-0.1, -0.05) is 73.7 Å². The van der Waals surface area contributed by atoms with Crippen LogP contribution < -0.4 is 10.1 Å². The molecular formula is C23H21NO2. The molecule has 0 saturated heterocycles. The molecule has 1 amide bonds. The first-order chi connectivity index (χ1) is 12.7. The van der Waals surface area contributed by atoms with Crippen LogP contribution in [-0.2, 0) is 4.79 Å². The highest BCUT2D eigenvalue weighted by Gasteiger charge is 2.32. The summed E-state index contributed by atoms with van der Waals surface area (Å²) in [5, 5.41) is 3.14. The van der Waals surface area contributed by atoms with Crippen LogP contribution in [0.1, 0.15) is 35.4 Å². The Morgan fingerprint density at radius 3 is 2.04 bits per heavy atom. The summed E-state index contributed by atoms with van der Waals surface area (Å²) in [4.78, 5) is 13.1. The van der Waals surface area contributed by atoms with E-state index in [1.54, 1.807) is 0 Å². The molecule has 3 nitrogen and oxygen atoms in total. The van der Waals surface area contributed by atoms with Gasteiger partial charge in [0.15, 0.2) is 0 Å². The van der Waals surface area contributed by atoms with Crippen LogP contribution in [0.4, 0.5) is 0 Å². The molecule has 0 spiro atoms. The minimum absolute atomic E-state index is 0.0102. The van der Waals surface area contributed by atoms with Gasteiger partial charge in [-0.25, -0.2) is 0 Å². The average Bonchev–Trinajstić information content (AvgIpc) is 2.70. The normalized spacial score (nSPS) is 13.9. The summed E-state index contributed by atoms with van der Waals surface area (Å²) < 4.78 is 5.97. The topological polar surface area (TPSA) is 38.3 Å². The zero-order valence-corrected chi connectivity index (χ0v) is 14.7. The van der Waals surface area contributed by atoms with Crippen LogP contribution in [-0.4, -0.2) is 12.5 Å². The molecule has 4 rings (SSSR count). The molecule has 0 unspecified atom stereocenters. The molecule has 26 heavy (non-hydrogen) atoms. The first-order valence-corrected chi connectivity index (χ1v) is 8.92. The van der Waals surface area contributed by atoms with Crippen LogP contribution >= 0.6 is 0 Å². The number of nitrogens with one attached hydrogen (secondary N) is 1. The lowest BCUT2D eigenvalue weighted by atomic mass is 9.87. The molecule has 3 aromatic rings. The highest BCUT2D eigenvalue weighted by atomic mass is 16.5. The fourth-order valence-electron chi connectivity index (χ4n) is 3.45. The monoisotopic (exact) mass is 343 g/mol. The van der Waals surface area contributed by atoms with E-state index in [1.165, 1.54) is 5.56 Å². The number of rotatable bonds is 4. The van der Waals surface area contributed by atoms with E-state index in [0.29, 0.717) is 6.54 Å². The molecule has 0 aromatic heterocycles. The van der Waals surface area contributed by atoms with E-state index < -0.39 is 0 Å². The zero-order chi connectivity index (χ0) is 17.9. The Hall–Kier alpha value is -3.07. The number of ether oxygens (including phenoxy) is 1. The van der Waals surface area contributed by atoms with Crippen LogP contribution in [0.15, 0.2) is 78.9 Å². The number of benzene rings is 3. The maximum atomic E-state index is 13.1. The van der Waals surface area contributed by atoms with Gasteiger partial charge in [0, 0.05) is 17.7 Å². The van der Waals surface area contributed by atoms with Crippen LogP contribution in [0.3, 0.4) is 0 Å². The smallest absolute Gasteiger partial charge is 0.232 e. The van der Waals surface area contributed by atoms with Gasteiger partial charge < -0.3 is 10.1 Å². The number of carbonyl (C=O) groups excluding carboxylic acids is 1. The Bertz CT molecular complexity index is 875. The van der Waals surface area contributed by atoms with Crippen molar-refractivity contribution in [3.8, 4) is 11.5 Å². The number of fused-ring (bicyclic) bond motifs is 2. The minimum atomic E-state index is -0.348. The second kappa shape index (κ2) is 7.04. The third kappa shape index (κ3) is 3.08. The van der Waals surface area contributed by atoms with Crippen molar-refractivity contribution in [3.63, 3.8) is 0 Å². The predicted octanol–water partition coefficient (Wildman–Crippen LogP) is 4.84. The Morgan fingerprint density at radius 2 is 1.42 bits per heavy atom. The summed E-state index contributed by atoms with van der Waals surface area (Å²) in [6.07, 6.45) is 0. The summed E-state index contributed by atoms with van der Waals surface area (Å²) in [7, 11) is 0. The van der Waals surface area contributed by atoms with Crippen molar-refractivity contribution >= 4 is 5.91 Å². The lowest BCUT2D eigenvalue weighted by Crippen LogP contribution is -2.34. The molecule has 3 heteroatoms. The van der Waals surface area contributed by atoms with E-state index in [0.717, 1.165) is 22.6 Å². The van der Waals surface area contributed by atoms with Gasteiger partial charge >= 0.3 is 0 Å². The van der Waals surface area contributed by atoms with E-state index in [2.05, 4.69) is 24.4 Å². The summed E-state index contributed by atoms with van der Waals surface area (Å²) in [6.45, 7) is 2.73. The molecule has 1 heterocycles. The Morgan fingerprint density at radius 1 is 0.885 bits per heavy atom. The van der Waals surface area contributed by atoms with Gasteiger partial charge in [-0.05, 0) is 23.6 Å². The van der Waals surface area contributed by atoms with Gasteiger partial charge in [0.25, 0.3) is 0 Å². The maximum Gasteiger partial charge on any atom is 0.232 e. The Balaban J connectivity index is 1.58. The van der Waals surface area contributed by atoms with Crippen molar-refractivity contribution in [3.05, 3.63) is 95.6 Å². The van der Waals surface area contributed by atoms with Crippen molar-refractivity contribution in [2.75, 3.05) is 6.54 Å². The standard InChI is InChI=1S/C23H21NO2/c1-16(17-9-3-2-4-10-17)15-24-23(25)22-18-11-5-7-13-20(18)26-21-14-8-6-12-19(21)22/h2-14,16,22H,15H2,1H3,(H,24,25)/t16-/m0/s1. The highest BCUT2D eigenvalue weighted by molar-refractivity contribution is 5.89.